The summed E-state index contributed by atoms with van der Waals surface area (Å²) in [7, 11) is 0. The molecule has 1 aromatic heterocycles. The fourth-order valence-electron chi connectivity index (χ4n) is 4.00. The number of carboxylic acid groups (broad SMARTS) is 2. The summed E-state index contributed by atoms with van der Waals surface area (Å²) in [5.41, 5.74) is 0.0771. The molecule has 0 atom stereocenters. The van der Waals surface area contributed by atoms with Crippen LogP contribution in [-0.4, -0.2) is 59.6 Å². The fraction of sp³-hybridized carbons (Fsp3) is 0.393. The van der Waals surface area contributed by atoms with Gasteiger partial charge in [-0.2, -0.15) is 0 Å². The van der Waals surface area contributed by atoms with Gasteiger partial charge in [0.15, 0.2) is 28.6 Å². The second kappa shape index (κ2) is 14.6. The number of carbonyl (C=O) groups excluding carboxylic acids is 3. The quantitative estimate of drug-likeness (QED) is 0.0855. The standard InChI is InChI=1S/C28H32N2O10/c1-17(31)21-16-20-25(40-28(37)30-14-6-2-3-10-22(32)33)18-8-4-5-9-19(18)26(27(20)38-21)39-24(36)11-7-13-29-15-12-23(34)35/h4-5,8-9,16,29H,2-3,6-7,10-15H2,1H3,(H,30,37)(H,32,33)(H,34,35). The average molecular weight is 557 g/mol. The third-order valence-electron chi connectivity index (χ3n) is 5.94. The lowest BCUT2D eigenvalue weighted by molar-refractivity contribution is -0.138. The highest BCUT2D eigenvalue weighted by molar-refractivity contribution is 6.12. The Kier molecular flexibility index (Phi) is 11.0. The van der Waals surface area contributed by atoms with Crippen LogP contribution in [0, 0.1) is 0 Å². The Morgan fingerprint density at radius 1 is 0.775 bits per heavy atom. The molecule has 0 aliphatic heterocycles. The maximum Gasteiger partial charge on any atom is 0.412 e. The van der Waals surface area contributed by atoms with E-state index in [0.29, 0.717) is 43.0 Å². The number of aliphatic carboxylic acids is 2. The molecule has 2 aromatic carbocycles. The number of carboxylic acids is 2. The van der Waals surface area contributed by atoms with Crippen molar-refractivity contribution in [3.63, 3.8) is 0 Å². The van der Waals surface area contributed by atoms with E-state index in [1.165, 1.54) is 13.0 Å². The number of ketones is 1. The SMILES string of the molecule is CC(=O)c1cc2c(OC(=O)NCCCCCC(=O)O)c3ccccc3c(OC(=O)CCCNCCC(=O)O)c2o1. The van der Waals surface area contributed by atoms with E-state index < -0.39 is 24.0 Å². The molecule has 40 heavy (non-hydrogen) atoms. The molecule has 0 bridgehead atoms. The molecule has 1 heterocycles. The van der Waals surface area contributed by atoms with Gasteiger partial charge in [-0.1, -0.05) is 30.7 Å². The molecule has 214 valence electrons. The Balaban J connectivity index is 1.79. The van der Waals surface area contributed by atoms with Gasteiger partial charge in [-0.15, -0.1) is 0 Å². The molecule has 3 aromatic rings. The molecule has 0 fully saturated rings. The number of furan rings is 1. The lowest BCUT2D eigenvalue weighted by atomic mass is 10.0. The van der Waals surface area contributed by atoms with Crippen LogP contribution in [0.4, 0.5) is 4.79 Å². The number of fused-ring (bicyclic) bond motifs is 2. The largest absolute Gasteiger partial charge is 0.481 e. The predicted octanol–water partition coefficient (Wildman–Crippen LogP) is 4.27. The molecule has 3 rings (SSSR count). The number of amides is 1. The highest BCUT2D eigenvalue weighted by atomic mass is 16.6. The van der Waals surface area contributed by atoms with Crippen LogP contribution in [0.1, 0.15) is 62.4 Å². The first-order valence-electron chi connectivity index (χ1n) is 13.0. The summed E-state index contributed by atoms with van der Waals surface area (Å²) < 4.78 is 17.1. The topological polar surface area (TPSA) is 181 Å². The van der Waals surface area contributed by atoms with Crippen molar-refractivity contribution in [1.29, 1.82) is 0 Å². The molecule has 12 nitrogen and oxygen atoms in total. The van der Waals surface area contributed by atoms with Crippen LogP contribution >= 0.6 is 0 Å². The third kappa shape index (κ3) is 8.53. The van der Waals surface area contributed by atoms with Gasteiger partial charge in [0.25, 0.3) is 0 Å². The number of hydrogen-bond donors (Lipinski definition) is 4. The maximum absolute atomic E-state index is 12.7. The Hall–Kier alpha value is -4.45. The lowest BCUT2D eigenvalue weighted by Gasteiger charge is -2.14. The lowest BCUT2D eigenvalue weighted by Crippen LogP contribution is -2.27. The molecule has 0 aliphatic carbocycles. The Morgan fingerprint density at radius 2 is 1.48 bits per heavy atom. The summed E-state index contributed by atoms with van der Waals surface area (Å²) in [6, 6.07) is 8.24. The van der Waals surface area contributed by atoms with Gasteiger partial charge in [-0.25, -0.2) is 4.79 Å². The van der Waals surface area contributed by atoms with Crippen molar-refractivity contribution in [2.75, 3.05) is 19.6 Å². The molecule has 0 spiro atoms. The van der Waals surface area contributed by atoms with Crippen molar-refractivity contribution in [3.8, 4) is 11.5 Å². The second-order valence-electron chi connectivity index (χ2n) is 9.11. The highest BCUT2D eigenvalue weighted by Crippen LogP contribution is 2.44. The molecule has 12 heteroatoms. The van der Waals surface area contributed by atoms with Gasteiger partial charge >= 0.3 is 24.0 Å². The second-order valence-corrected chi connectivity index (χ2v) is 9.11. The van der Waals surface area contributed by atoms with E-state index in [-0.39, 0.29) is 66.4 Å². The van der Waals surface area contributed by atoms with Gasteiger partial charge in [0.05, 0.1) is 11.8 Å². The highest BCUT2D eigenvalue weighted by Gasteiger charge is 2.24. The van der Waals surface area contributed by atoms with E-state index in [0.717, 1.165) is 0 Å². The molecule has 4 N–H and O–H groups in total. The number of nitrogens with one attached hydrogen (secondary N) is 2. The molecule has 1 amide bonds. The first-order valence-corrected chi connectivity index (χ1v) is 13.0. The number of carbonyl (C=O) groups is 5. The molecule has 0 radical (unpaired) electrons. The number of rotatable bonds is 16. The summed E-state index contributed by atoms with van der Waals surface area (Å²) in [6.45, 7) is 2.31. The van der Waals surface area contributed by atoms with E-state index in [4.69, 9.17) is 24.1 Å². The van der Waals surface area contributed by atoms with E-state index in [1.54, 1.807) is 24.3 Å². The summed E-state index contributed by atoms with van der Waals surface area (Å²) >= 11 is 0. The minimum absolute atomic E-state index is 0.00563. The van der Waals surface area contributed by atoms with Gasteiger partial charge in [-0.05, 0) is 31.9 Å². The van der Waals surface area contributed by atoms with Crippen LogP contribution in [0.2, 0.25) is 0 Å². The minimum atomic E-state index is -0.913. The normalized spacial score (nSPS) is 10.9. The summed E-state index contributed by atoms with van der Waals surface area (Å²) in [5, 5.41) is 24.2. The number of Topliss-reactive ketones (excluding diaryl/α,β-unsaturated/α-hetero) is 1. The van der Waals surface area contributed by atoms with Crippen molar-refractivity contribution >= 4 is 51.5 Å². The maximum atomic E-state index is 12.7. The van der Waals surface area contributed by atoms with Crippen molar-refractivity contribution in [2.45, 2.75) is 51.9 Å². The summed E-state index contributed by atoms with van der Waals surface area (Å²) in [4.78, 5) is 58.6. The van der Waals surface area contributed by atoms with Gasteiger partial charge < -0.3 is 34.7 Å². The summed E-state index contributed by atoms with van der Waals surface area (Å²) in [6.07, 6.45) is 1.46. The van der Waals surface area contributed by atoms with E-state index in [9.17, 15) is 24.0 Å². The average Bonchev–Trinajstić information content (AvgIpc) is 3.35. The van der Waals surface area contributed by atoms with Crippen LogP contribution < -0.4 is 20.1 Å². The van der Waals surface area contributed by atoms with Crippen LogP contribution in [0.25, 0.3) is 21.7 Å². The fourth-order valence-corrected chi connectivity index (χ4v) is 4.00. The first kappa shape index (κ1) is 30.1. The molecular weight excluding hydrogens is 524 g/mol. The Bertz CT molecular complexity index is 1300. The van der Waals surface area contributed by atoms with Gasteiger partial charge in [0.1, 0.15) is 0 Å². The van der Waals surface area contributed by atoms with E-state index in [2.05, 4.69) is 10.6 Å². The number of ether oxygens (including phenoxy) is 2. The number of benzene rings is 2. The van der Waals surface area contributed by atoms with Crippen molar-refractivity contribution in [1.82, 2.24) is 10.6 Å². The zero-order valence-electron chi connectivity index (χ0n) is 22.1. The molecule has 0 unspecified atom stereocenters. The Morgan fingerprint density at radius 3 is 2.15 bits per heavy atom. The van der Waals surface area contributed by atoms with E-state index >= 15 is 0 Å². The summed E-state index contributed by atoms with van der Waals surface area (Å²) in [5.74, 6) is -2.49. The van der Waals surface area contributed by atoms with Crippen LogP contribution in [-0.2, 0) is 14.4 Å². The van der Waals surface area contributed by atoms with Crippen LogP contribution in [0.5, 0.6) is 11.5 Å². The van der Waals surface area contributed by atoms with Gasteiger partial charge in [0, 0.05) is 43.6 Å². The predicted molar refractivity (Wildman–Crippen MR) is 144 cm³/mol. The van der Waals surface area contributed by atoms with Crippen molar-refractivity contribution in [3.05, 3.63) is 36.1 Å². The van der Waals surface area contributed by atoms with Crippen molar-refractivity contribution < 1.29 is 48.1 Å². The number of esters is 1. The molecule has 0 saturated heterocycles. The monoisotopic (exact) mass is 556 g/mol. The van der Waals surface area contributed by atoms with Crippen LogP contribution in [0.3, 0.4) is 0 Å². The molecule has 0 saturated carbocycles. The molecule has 0 aliphatic rings. The van der Waals surface area contributed by atoms with Gasteiger partial charge in [-0.3, -0.25) is 19.2 Å². The number of hydrogen-bond acceptors (Lipinski definition) is 9. The number of unbranched alkanes of at least 4 members (excludes halogenated alkanes) is 2. The third-order valence-corrected chi connectivity index (χ3v) is 5.94. The van der Waals surface area contributed by atoms with Crippen molar-refractivity contribution in [2.24, 2.45) is 0 Å². The smallest absolute Gasteiger partial charge is 0.412 e. The zero-order valence-corrected chi connectivity index (χ0v) is 22.1. The van der Waals surface area contributed by atoms with E-state index in [1.807, 2.05) is 0 Å². The molecular formula is C28H32N2O10. The first-order chi connectivity index (χ1) is 19.2. The zero-order chi connectivity index (χ0) is 29.1. The Labute approximate surface area is 229 Å². The minimum Gasteiger partial charge on any atom is -0.481 e. The van der Waals surface area contributed by atoms with Gasteiger partial charge in [0.2, 0.25) is 0 Å². The van der Waals surface area contributed by atoms with Crippen LogP contribution in [0.15, 0.2) is 34.7 Å².